The van der Waals surface area contributed by atoms with Crippen molar-refractivity contribution in [3.8, 4) is 16.9 Å². The molecule has 6 heteroatoms. The molecule has 0 N–H and O–H groups in total. The molecule has 0 bridgehead atoms. The molecule has 3 aliphatic rings. The van der Waals surface area contributed by atoms with E-state index in [9.17, 15) is 9.59 Å². The van der Waals surface area contributed by atoms with Crippen LogP contribution in [0.2, 0.25) is 0 Å². The number of nitrogens with zero attached hydrogens (tertiary/aromatic N) is 1. The van der Waals surface area contributed by atoms with Gasteiger partial charge in [0.1, 0.15) is 12.0 Å². The highest BCUT2D eigenvalue weighted by Crippen LogP contribution is 2.45. The smallest absolute Gasteiger partial charge is 0.409 e. The van der Waals surface area contributed by atoms with Gasteiger partial charge in [-0.15, -0.1) is 0 Å². The van der Waals surface area contributed by atoms with Crippen LogP contribution in [0.25, 0.3) is 11.1 Å². The minimum Gasteiger partial charge on any atom is -0.464 e. The van der Waals surface area contributed by atoms with Crippen LogP contribution >= 0.6 is 0 Å². The fraction of sp³-hybridized carbons (Fsp3) is 0.462. The molecule has 2 aromatic rings. The number of hydrogen-bond donors (Lipinski definition) is 0. The molecule has 168 valence electrons. The number of likely N-dealkylation sites (tertiary alicyclic amines) is 1. The summed E-state index contributed by atoms with van der Waals surface area (Å²) in [6.07, 6.45) is 4.34. The number of fused-ring (bicyclic) bond motifs is 1. The Labute approximate surface area is 188 Å². The summed E-state index contributed by atoms with van der Waals surface area (Å²) >= 11 is 0. The van der Waals surface area contributed by atoms with Gasteiger partial charge in [0.2, 0.25) is 6.29 Å². The Morgan fingerprint density at radius 2 is 1.84 bits per heavy atom. The molecule has 6 nitrogen and oxygen atoms in total. The van der Waals surface area contributed by atoms with Crippen molar-refractivity contribution in [3.63, 3.8) is 0 Å². The first-order valence-corrected chi connectivity index (χ1v) is 11.4. The number of amides is 1. The van der Waals surface area contributed by atoms with Gasteiger partial charge in [0.25, 0.3) is 0 Å². The highest BCUT2D eigenvalue weighted by molar-refractivity contribution is 5.77. The lowest BCUT2D eigenvalue weighted by molar-refractivity contribution is -0.148. The van der Waals surface area contributed by atoms with Crippen LogP contribution in [0.5, 0.6) is 5.75 Å². The van der Waals surface area contributed by atoms with Gasteiger partial charge in [-0.1, -0.05) is 37.3 Å². The van der Waals surface area contributed by atoms with Crippen molar-refractivity contribution in [2.75, 3.05) is 19.7 Å². The zero-order valence-electron chi connectivity index (χ0n) is 18.4. The van der Waals surface area contributed by atoms with Crippen molar-refractivity contribution in [1.29, 1.82) is 0 Å². The van der Waals surface area contributed by atoms with Gasteiger partial charge in [0, 0.05) is 35.5 Å². The van der Waals surface area contributed by atoms with Crippen LogP contribution in [0, 0.1) is 11.3 Å². The van der Waals surface area contributed by atoms with Gasteiger partial charge in [-0.2, -0.15) is 0 Å². The van der Waals surface area contributed by atoms with Crippen LogP contribution in [0.3, 0.4) is 0 Å². The summed E-state index contributed by atoms with van der Waals surface area (Å²) in [5.74, 6) is 1.11. The maximum atomic E-state index is 12.3. The number of hydrogen-bond acceptors (Lipinski definition) is 5. The monoisotopic (exact) mass is 435 g/mol. The van der Waals surface area contributed by atoms with E-state index < -0.39 is 0 Å². The van der Waals surface area contributed by atoms with E-state index in [1.807, 2.05) is 36.4 Å². The van der Waals surface area contributed by atoms with Gasteiger partial charge >= 0.3 is 6.09 Å². The summed E-state index contributed by atoms with van der Waals surface area (Å²) in [4.78, 5) is 25.0. The molecular weight excluding hydrogens is 406 g/mol. The first kappa shape index (κ1) is 21.0. The molecule has 0 radical (unpaired) electrons. The number of piperidine rings is 1. The van der Waals surface area contributed by atoms with E-state index in [1.54, 1.807) is 4.90 Å². The minimum atomic E-state index is -0.288. The molecule has 1 unspecified atom stereocenters. The zero-order chi connectivity index (χ0) is 22.1. The fourth-order valence-electron chi connectivity index (χ4n) is 4.34. The van der Waals surface area contributed by atoms with Crippen LogP contribution in [-0.2, 0) is 16.1 Å². The summed E-state index contributed by atoms with van der Waals surface area (Å²) in [6, 6.07) is 13.7. The Hall–Kier alpha value is -2.86. The summed E-state index contributed by atoms with van der Waals surface area (Å²) in [5, 5.41) is 0. The fourth-order valence-corrected chi connectivity index (χ4v) is 4.34. The lowest BCUT2D eigenvalue weighted by atomic mass is 9.95. The van der Waals surface area contributed by atoms with Crippen molar-refractivity contribution < 1.29 is 23.8 Å². The second kappa shape index (κ2) is 8.58. The van der Waals surface area contributed by atoms with Crippen LogP contribution in [0.15, 0.2) is 42.5 Å². The molecule has 2 aromatic carbocycles. The number of ether oxygens (including phenoxy) is 3. The summed E-state index contributed by atoms with van der Waals surface area (Å²) < 4.78 is 17.8. The molecule has 1 saturated heterocycles. The largest absolute Gasteiger partial charge is 0.464 e. The van der Waals surface area contributed by atoms with E-state index in [1.165, 1.54) is 0 Å². The SMILES string of the molecule is CC1(COC(=O)N2CCC(C3OCc4cc(-c5ccc(C=O)cc5)ccc4O3)CC2)CC1. The molecule has 1 atom stereocenters. The van der Waals surface area contributed by atoms with Crippen molar-refractivity contribution >= 4 is 12.4 Å². The molecule has 1 saturated carbocycles. The van der Waals surface area contributed by atoms with Crippen LogP contribution in [-0.4, -0.2) is 43.3 Å². The average Bonchev–Trinajstić information content (AvgIpc) is 3.59. The number of carbonyl (C=O) groups excluding carboxylic acids is 2. The van der Waals surface area contributed by atoms with Crippen LogP contribution < -0.4 is 4.74 Å². The Balaban J connectivity index is 1.16. The maximum Gasteiger partial charge on any atom is 0.409 e. The topological polar surface area (TPSA) is 65.1 Å². The molecule has 5 rings (SSSR count). The predicted molar refractivity (Wildman–Crippen MR) is 119 cm³/mol. The van der Waals surface area contributed by atoms with Crippen molar-refractivity contribution in [3.05, 3.63) is 53.6 Å². The lowest BCUT2D eigenvalue weighted by Crippen LogP contribution is -2.44. The third-order valence-electron chi connectivity index (χ3n) is 6.92. The van der Waals surface area contributed by atoms with Gasteiger partial charge < -0.3 is 19.1 Å². The van der Waals surface area contributed by atoms with E-state index in [0.717, 1.165) is 54.4 Å². The lowest BCUT2D eigenvalue weighted by Gasteiger charge is -2.37. The van der Waals surface area contributed by atoms with Gasteiger partial charge in [-0.05, 0) is 48.9 Å². The molecule has 2 fully saturated rings. The summed E-state index contributed by atoms with van der Waals surface area (Å²) in [5.41, 5.74) is 4.02. The number of carbonyl (C=O) groups is 2. The zero-order valence-corrected chi connectivity index (χ0v) is 18.4. The van der Waals surface area contributed by atoms with Gasteiger partial charge in [0.15, 0.2) is 0 Å². The number of benzene rings is 2. The molecule has 2 aliphatic heterocycles. The summed E-state index contributed by atoms with van der Waals surface area (Å²) in [6.45, 7) is 4.54. The minimum absolute atomic E-state index is 0.193. The second-order valence-electron chi connectivity index (χ2n) is 9.55. The third-order valence-corrected chi connectivity index (χ3v) is 6.92. The van der Waals surface area contributed by atoms with E-state index in [2.05, 4.69) is 13.0 Å². The van der Waals surface area contributed by atoms with Crippen LogP contribution in [0.4, 0.5) is 4.79 Å². The van der Waals surface area contributed by atoms with E-state index in [4.69, 9.17) is 14.2 Å². The summed E-state index contributed by atoms with van der Waals surface area (Å²) in [7, 11) is 0. The first-order valence-electron chi connectivity index (χ1n) is 11.4. The molecule has 32 heavy (non-hydrogen) atoms. The Bertz CT molecular complexity index is 990. The van der Waals surface area contributed by atoms with Crippen LogP contribution in [0.1, 0.15) is 48.5 Å². The molecule has 0 spiro atoms. The number of rotatable bonds is 5. The number of aldehydes is 1. The molecule has 2 heterocycles. The maximum absolute atomic E-state index is 12.3. The van der Waals surface area contributed by atoms with Gasteiger partial charge in [0.05, 0.1) is 13.2 Å². The molecule has 0 aromatic heterocycles. The van der Waals surface area contributed by atoms with Crippen molar-refractivity contribution in [2.45, 2.75) is 45.5 Å². The normalized spacial score (nSPS) is 21.9. The Kier molecular flexibility index (Phi) is 5.64. The van der Waals surface area contributed by atoms with Crippen molar-refractivity contribution in [1.82, 2.24) is 4.90 Å². The first-order chi connectivity index (χ1) is 15.5. The molecule has 1 amide bonds. The Morgan fingerprint density at radius 1 is 1.12 bits per heavy atom. The quantitative estimate of drug-likeness (QED) is 0.615. The predicted octanol–water partition coefficient (Wildman–Crippen LogP) is 5.05. The second-order valence-corrected chi connectivity index (χ2v) is 9.55. The van der Waals surface area contributed by atoms with E-state index in [-0.39, 0.29) is 23.7 Å². The average molecular weight is 436 g/mol. The standard InChI is InChI=1S/C26H29NO5/c1-26(10-11-26)17-31-25(29)27-12-8-20(9-13-27)24-30-16-22-14-21(6-7-23(22)32-24)19-4-2-18(15-28)3-5-19/h2-7,14-15,20,24H,8-13,16-17H2,1H3. The Morgan fingerprint density at radius 3 is 2.53 bits per heavy atom. The van der Waals surface area contributed by atoms with Crippen molar-refractivity contribution in [2.24, 2.45) is 11.3 Å². The van der Waals surface area contributed by atoms with E-state index >= 15 is 0 Å². The highest BCUT2D eigenvalue weighted by Gasteiger charge is 2.39. The molecule has 1 aliphatic carbocycles. The van der Waals surface area contributed by atoms with Gasteiger partial charge in [-0.3, -0.25) is 4.79 Å². The van der Waals surface area contributed by atoms with E-state index in [0.29, 0.717) is 31.9 Å². The highest BCUT2D eigenvalue weighted by atomic mass is 16.7. The van der Waals surface area contributed by atoms with Gasteiger partial charge in [-0.25, -0.2) is 4.79 Å². The third kappa shape index (κ3) is 4.51. The molecular formula is C26H29NO5.